The Balaban J connectivity index is 2.35. The van der Waals surface area contributed by atoms with Crippen molar-refractivity contribution in [2.24, 2.45) is 0 Å². The molecule has 0 aromatic carbocycles. The van der Waals surface area contributed by atoms with Crippen LogP contribution in [0.15, 0.2) is 0 Å². The molecule has 1 N–H and O–H groups in total. The molecule has 12 heavy (non-hydrogen) atoms. The third kappa shape index (κ3) is 2.66. The number of hydrogen-bond donors (Lipinski definition) is 2. The number of nitrogens with zero attached hydrogens (tertiary/aromatic N) is 1. The lowest BCUT2D eigenvalue weighted by molar-refractivity contribution is -0.136. The molecular formula is C7H13NO3S. The number of piperidine rings is 1. The number of hydrogen-bond acceptors (Lipinski definition) is 4. The fraction of sp³-hybridized carbons (Fsp3) is 0.857. The molecule has 0 aromatic rings. The van der Waals surface area contributed by atoms with Crippen LogP contribution in [0, 0.1) is 0 Å². The molecule has 1 saturated heterocycles. The number of thiol groups is 1. The van der Waals surface area contributed by atoms with Gasteiger partial charge in [-0.05, 0) is 25.8 Å². The molecular weight excluding hydrogens is 178 g/mol. The van der Waals surface area contributed by atoms with Crippen LogP contribution in [-0.2, 0) is 8.98 Å². The van der Waals surface area contributed by atoms with Gasteiger partial charge >= 0.3 is 0 Å². The van der Waals surface area contributed by atoms with Gasteiger partial charge in [0, 0.05) is 13.1 Å². The average Bonchev–Trinajstić information content (AvgIpc) is 2.05. The molecule has 4 nitrogen and oxygen atoms in total. The number of carbonyl (C=O) groups is 1. The standard InChI is InChI=1S/C7H13NO3S/c9-6-2-1-3-8(4-6)7(10)5-11-12/h6,9,12H,1-5H2/t6-/m1/s1. The van der Waals surface area contributed by atoms with Gasteiger partial charge in [0.15, 0.2) is 0 Å². The summed E-state index contributed by atoms with van der Waals surface area (Å²) < 4.78 is 4.41. The van der Waals surface area contributed by atoms with Gasteiger partial charge in [0.25, 0.3) is 0 Å². The Bertz CT molecular complexity index is 165. The van der Waals surface area contributed by atoms with E-state index in [9.17, 15) is 9.90 Å². The van der Waals surface area contributed by atoms with E-state index in [0.29, 0.717) is 13.1 Å². The van der Waals surface area contributed by atoms with E-state index in [2.05, 4.69) is 17.1 Å². The quantitative estimate of drug-likeness (QED) is 0.470. The van der Waals surface area contributed by atoms with Gasteiger partial charge in [-0.3, -0.25) is 4.79 Å². The van der Waals surface area contributed by atoms with Crippen molar-refractivity contribution in [1.82, 2.24) is 4.90 Å². The highest BCUT2D eigenvalue weighted by Gasteiger charge is 2.21. The SMILES string of the molecule is O=C(COS)N1CCC[C@@H](O)C1. The Hall–Kier alpha value is -0.260. The van der Waals surface area contributed by atoms with Crippen LogP contribution in [0.5, 0.6) is 0 Å². The van der Waals surface area contributed by atoms with Crippen molar-refractivity contribution in [3.63, 3.8) is 0 Å². The van der Waals surface area contributed by atoms with Crippen LogP contribution in [0.25, 0.3) is 0 Å². The van der Waals surface area contributed by atoms with Gasteiger partial charge in [-0.1, -0.05) is 0 Å². The molecule has 1 rings (SSSR count). The van der Waals surface area contributed by atoms with Crippen LogP contribution < -0.4 is 0 Å². The summed E-state index contributed by atoms with van der Waals surface area (Å²) in [5.41, 5.74) is 0. The van der Waals surface area contributed by atoms with Gasteiger partial charge < -0.3 is 14.2 Å². The predicted octanol–water partition coefficient (Wildman–Crippen LogP) is -0.169. The summed E-state index contributed by atoms with van der Waals surface area (Å²) in [6, 6.07) is 0. The number of rotatable bonds is 2. The average molecular weight is 191 g/mol. The first-order valence-electron chi connectivity index (χ1n) is 3.96. The van der Waals surface area contributed by atoms with E-state index >= 15 is 0 Å². The Kier molecular flexibility index (Phi) is 3.84. The minimum atomic E-state index is -0.373. The van der Waals surface area contributed by atoms with Crippen molar-refractivity contribution in [3.8, 4) is 0 Å². The number of carbonyl (C=O) groups excluding carboxylic acids is 1. The second-order valence-electron chi connectivity index (χ2n) is 2.91. The number of amides is 1. The van der Waals surface area contributed by atoms with Crippen LogP contribution >= 0.6 is 12.9 Å². The number of aliphatic hydroxyl groups is 1. The molecule has 5 heteroatoms. The van der Waals surface area contributed by atoms with E-state index in [-0.39, 0.29) is 18.6 Å². The van der Waals surface area contributed by atoms with Gasteiger partial charge in [0.2, 0.25) is 5.91 Å². The smallest absolute Gasteiger partial charge is 0.249 e. The Labute approximate surface area is 77.1 Å². The van der Waals surface area contributed by atoms with Crippen molar-refractivity contribution >= 4 is 18.8 Å². The molecule has 0 aliphatic carbocycles. The molecule has 1 aliphatic rings. The first-order chi connectivity index (χ1) is 5.74. The Morgan fingerprint density at radius 3 is 3.08 bits per heavy atom. The van der Waals surface area contributed by atoms with Crippen LogP contribution in [0.4, 0.5) is 0 Å². The van der Waals surface area contributed by atoms with Crippen molar-refractivity contribution in [3.05, 3.63) is 0 Å². The summed E-state index contributed by atoms with van der Waals surface area (Å²) >= 11 is 3.49. The molecule has 1 atom stereocenters. The summed E-state index contributed by atoms with van der Waals surface area (Å²) in [7, 11) is 0. The zero-order valence-electron chi connectivity index (χ0n) is 6.77. The van der Waals surface area contributed by atoms with Gasteiger partial charge in [0.05, 0.1) is 6.10 Å². The molecule has 0 aromatic heterocycles. The largest absolute Gasteiger partial charge is 0.391 e. The normalized spacial score (nSPS) is 24.2. The lowest BCUT2D eigenvalue weighted by Crippen LogP contribution is -2.43. The Morgan fingerprint density at radius 1 is 1.75 bits per heavy atom. The zero-order valence-corrected chi connectivity index (χ0v) is 7.67. The van der Waals surface area contributed by atoms with Gasteiger partial charge in [0.1, 0.15) is 6.61 Å². The molecule has 0 spiro atoms. The van der Waals surface area contributed by atoms with Crippen LogP contribution in [0.3, 0.4) is 0 Å². The summed E-state index contributed by atoms with van der Waals surface area (Å²) in [5.74, 6) is -0.108. The first-order valence-corrected chi connectivity index (χ1v) is 4.32. The molecule has 0 bridgehead atoms. The van der Waals surface area contributed by atoms with E-state index in [4.69, 9.17) is 0 Å². The van der Waals surface area contributed by atoms with E-state index in [1.165, 1.54) is 0 Å². The molecule has 1 fully saturated rings. The molecule has 0 saturated carbocycles. The lowest BCUT2D eigenvalue weighted by Gasteiger charge is -2.29. The third-order valence-electron chi connectivity index (χ3n) is 1.94. The lowest BCUT2D eigenvalue weighted by atomic mass is 10.1. The van der Waals surface area contributed by atoms with Crippen LogP contribution in [0.1, 0.15) is 12.8 Å². The Morgan fingerprint density at radius 2 is 2.50 bits per heavy atom. The number of likely N-dealkylation sites (tertiary alicyclic amines) is 1. The summed E-state index contributed by atoms with van der Waals surface area (Å²) in [5, 5.41) is 9.24. The number of aliphatic hydroxyl groups excluding tert-OH is 1. The maximum atomic E-state index is 11.2. The fourth-order valence-electron chi connectivity index (χ4n) is 1.33. The summed E-state index contributed by atoms with van der Waals surface area (Å²) in [4.78, 5) is 12.8. The highest BCUT2D eigenvalue weighted by atomic mass is 32.1. The van der Waals surface area contributed by atoms with E-state index < -0.39 is 0 Å². The number of β-amino-alcohol motifs (C(OH)–C–C–N with tert-alkyl or cyclic N) is 1. The highest BCUT2D eigenvalue weighted by molar-refractivity contribution is 7.75. The van der Waals surface area contributed by atoms with E-state index in [1.807, 2.05) is 0 Å². The minimum Gasteiger partial charge on any atom is -0.391 e. The van der Waals surface area contributed by atoms with Crippen LogP contribution in [-0.4, -0.2) is 41.7 Å². The van der Waals surface area contributed by atoms with Crippen molar-refractivity contribution in [2.45, 2.75) is 18.9 Å². The van der Waals surface area contributed by atoms with Crippen LogP contribution in [0.2, 0.25) is 0 Å². The molecule has 1 amide bonds. The highest BCUT2D eigenvalue weighted by Crippen LogP contribution is 2.09. The van der Waals surface area contributed by atoms with Gasteiger partial charge in [-0.15, -0.1) is 0 Å². The molecule has 0 radical (unpaired) electrons. The third-order valence-corrected chi connectivity index (χ3v) is 2.07. The van der Waals surface area contributed by atoms with Crippen molar-refractivity contribution in [1.29, 1.82) is 0 Å². The second kappa shape index (κ2) is 4.69. The predicted molar refractivity (Wildman–Crippen MR) is 46.8 cm³/mol. The molecule has 1 aliphatic heterocycles. The molecule has 0 unspecified atom stereocenters. The maximum Gasteiger partial charge on any atom is 0.249 e. The van der Waals surface area contributed by atoms with E-state index in [1.54, 1.807) is 4.90 Å². The van der Waals surface area contributed by atoms with Gasteiger partial charge in [-0.25, -0.2) is 0 Å². The maximum absolute atomic E-state index is 11.2. The first kappa shape index (κ1) is 9.83. The van der Waals surface area contributed by atoms with Crippen molar-refractivity contribution in [2.75, 3.05) is 19.7 Å². The topological polar surface area (TPSA) is 49.8 Å². The fourth-order valence-corrected chi connectivity index (χ4v) is 1.44. The molecule has 70 valence electrons. The molecule has 1 heterocycles. The summed E-state index contributed by atoms with van der Waals surface area (Å²) in [6.45, 7) is 1.12. The monoisotopic (exact) mass is 191 g/mol. The van der Waals surface area contributed by atoms with E-state index in [0.717, 1.165) is 12.8 Å². The zero-order chi connectivity index (χ0) is 8.97. The van der Waals surface area contributed by atoms with Gasteiger partial charge in [-0.2, -0.15) is 0 Å². The minimum absolute atomic E-state index is 0.0180. The second-order valence-corrected chi connectivity index (χ2v) is 3.17. The summed E-state index contributed by atoms with van der Waals surface area (Å²) in [6.07, 6.45) is 1.27. The van der Waals surface area contributed by atoms with Crippen molar-refractivity contribution < 1.29 is 14.1 Å².